The Morgan fingerprint density at radius 3 is 2.81 bits per heavy atom. The van der Waals surface area contributed by atoms with E-state index >= 15 is 0 Å². The van der Waals surface area contributed by atoms with Gasteiger partial charge in [-0.1, -0.05) is 25.2 Å². The first kappa shape index (κ1) is 23.3. The predicted octanol–water partition coefficient (Wildman–Crippen LogP) is 3.89. The Morgan fingerprint density at radius 2 is 2.13 bits per heavy atom. The molecular weight excluding hydrogens is 433 g/mol. The maximum atomic E-state index is 12.6. The molecule has 2 aromatic rings. The number of anilines is 1. The summed E-state index contributed by atoms with van der Waals surface area (Å²) < 4.78 is 41.5. The van der Waals surface area contributed by atoms with Crippen LogP contribution in [0, 0.1) is 5.92 Å². The molecule has 0 saturated carbocycles. The fraction of sp³-hybridized carbons (Fsp3) is 0.550. The highest BCUT2D eigenvalue weighted by Crippen LogP contribution is 2.32. The van der Waals surface area contributed by atoms with Crippen molar-refractivity contribution in [2.24, 2.45) is 11.7 Å². The van der Waals surface area contributed by atoms with E-state index in [4.69, 9.17) is 5.73 Å². The van der Waals surface area contributed by atoms with Crippen molar-refractivity contribution in [1.29, 1.82) is 0 Å². The molecule has 2 heterocycles. The number of carbonyl (C=O) groups is 2. The van der Waals surface area contributed by atoms with Crippen molar-refractivity contribution in [2.45, 2.75) is 58.0 Å². The van der Waals surface area contributed by atoms with E-state index in [1.807, 2.05) is 13.8 Å². The number of fused-ring (bicyclic) bond motifs is 1. The summed E-state index contributed by atoms with van der Waals surface area (Å²) in [5.74, 6) is -0.502. The topological polar surface area (TPSA) is 97.6 Å². The van der Waals surface area contributed by atoms with Gasteiger partial charge in [0, 0.05) is 25.1 Å². The van der Waals surface area contributed by atoms with Crippen LogP contribution < -0.4 is 15.8 Å². The Hall–Kier alpha value is -2.40. The van der Waals surface area contributed by atoms with E-state index in [-0.39, 0.29) is 35.2 Å². The molecule has 1 aliphatic heterocycles. The number of nitrogens with zero attached hydrogens (tertiary/aromatic N) is 2. The van der Waals surface area contributed by atoms with Crippen molar-refractivity contribution in [3.8, 4) is 5.75 Å². The Balaban J connectivity index is 1.62. The minimum atomic E-state index is -4.78. The average Bonchev–Trinajstić information content (AvgIpc) is 3.24. The van der Waals surface area contributed by atoms with Crippen molar-refractivity contribution in [2.75, 3.05) is 11.9 Å². The highest BCUT2D eigenvalue weighted by atomic mass is 32.1. The molecule has 1 fully saturated rings. The van der Waals surface area contributed by atoms with Crippen molar-refractivity contribution < 1.29 is 27.5 Å². The first-order chi connectivity index (χ1) is 14.5. The number of likely N-dealkylation sites (tertiary alicyclic amines) is 1. The van der Waals surface area contributed by atoms with Crippen LogP contribution in [0.15, 0.2) is 18.2 Å². The maximum absolute atomic E-state index is 12.6. The molecule has 0 unspecified atom stereocenters. The highest BCUT2D eigenvalue weighted by molar-refractivity contribution is 7.22. The molecule has 0 radical (unpaired) electrons. The Bertz CT molecular complexity index is 947. The second kappa shape index (κ2) is 9.39. The Labute approximate surface area is 181 Å². The van der Waals surface area contributed by atoms with Gasteiger partial charge in [-0.25, -0.2) is 4.98 Å². The van der Waals surface area contributed by atoms with E-state index in [0.717, 1.165) is 17.8 Å². The van der Waals surface area contributed by atoms with E-state index in [1.54, 1.807) is 4.90 Å². The molecule has 7 nitrogen and oxygen atoms in total. The van der Waals surface area contributed by atoms with Crippen LogP contribution in [0.2, 0.25) is 0 Å². The number of thiazole rings is 1. The molecule has 0 spiro atoms. The quantitative estimate of drug-likeness (QED) is 0.656. The summed E-state index contributed by atoms with van der Waals surface area (Å²) in [6.45, 7) is 4.57. The van der Waals surface area contributed by atoms with Gasteiger partial charge in [0.25, 0.3) is 0 Å². The van der Waals surface area contributed by atoms with Gasteiger partial charge < -0.3 is 20.7 Å². The molecule has 170 valence electrons. The first-order valence-corrected chi connectivity index (χ1v) is 10.9. The van der Waals surface area contributed by atoms with Gasteiger partial charge in [-0.3, -0.25) is 9.59 Å². The second-order valence-corrected chi connectivity index (χ2v) is 9.04. The number of alkyl halides is 3. The normalized spacial score (nSPS) is 17.9. The van der Waals surface area contributed by atoms with Gasteiger partial charge in [-0.2, -0.15) is 0 Å². The molecular formula is C20H25F3N4O3S. The summed E-state index contributed by atoms with van der Waals surface area (Å²) >= 11 is 1.05. The zero-order chi connectivity index (χ0) is 22.8. The van der Waals surface area contributed by atoms with Gasteiger partial charge in [-0.05, 0) is 37.3 Å². The number of aromatic nitrogens is 1. The SMILES string of the molecule is CC(C)C[C@@H](N)C(=O)N1CCC[C@H]1CC(=O)Nc1nc2ccc(OC(F)(F)F)cc2s1. The molecule has 2 amide bonds. The van der Waals surface area contributed by atoms with Crippen LogP contribution >= 0.6 is 11.3 Å². The number of benzene rings is 1. The van der Waals surface area contributed by atoms with Gasteiger partial charge in [0.15, 0.2) is 5.13 Å². The molecule has 11 heteroatoms. The molecule has 31 heavy (non-hydrogen) atoms. The molecule has 3 N–H and O–H groups in total. The number of nitrogens with two attached hydrogens (primary N) is 1. The number of hydrogen-bond acceptors (Lipinski definition) is 6. The summed E-state index contributed by atoms with van der Waals surface area (Å²) in [7, 11) is 0. The van der Waals surface area contributed by atoms with E-state index in [2.05, 4.69) is 15.0 Å². The number of amides is 2. The van der Waals surface area contributed by atoms with Crippen LogP contribution in [0.1, 0.15) is 39.5 Å². The van der Waals surface area contributed by atoms with Gasteiger partial charge in [0.05, 0.1) is 16.3 Å². The van der Waals surface area contributed by atoms with Gasteiger partial charge in [-0.15, -0.1) is 13.2 Å². The standard InChI is InChI=1S/C20H25F3N4O3S/c1-11(2)8-14(24)18(29)27-7-3-4-12(27)9-17(28)26-19-25-15-6-5-13(10-16(15)31-19)30-20(21,22)23/h5-6,10-12,14H,3-4,7-9,24H2,1-2H3,(H,25,26,28)/t12-,14+/m0/s1. The van der Waals surface area contributed by atoms with Gasteiger partial charge in [0.2, 0.25) is 11.8 Å². The monoisotopic (exact) mass is 458 g/mol. The largest absolute Gasteiger partial charge is 0.573 e. The lowest BCUT2D eigenvalue weighted by Crippen LogP contribution is -2.47. The molecule has 1 aliphatic rings. The third kappa shape index (κ3) is 6.30. The number of ether oxygens (including phenoxy) is 1. The second-order valence-electron chi connectivity index (χ2n) is 8.01. The third-order valence-electron chi connectivity index (χ3n) is 4.96. The third-order valence-corrected chi connectivity index (χ3v) is 5.90. The molecule has 3 rings (SSSR count). The van der Waals surface area contributed by atoms with Crippen molar-refractivity contribution in [3.63, 3.8) is 0 Å². The Morgan fingerprint density at radius 1 is 1.39 bits per heavy atom. The molecule has 1 saturated heterocycles. The van der Waals surface area contributed by atoms with E-state index in [1.165, 1.54) is 18.2 Å². The molecule has 0 bridgehead atoms. The smallest absolute Gasteiger partial charge is 0.406 e. The number of halogens is 3. The Kier molecular flexibility index (Phi) is 7.05. The zero-order valence-corrected chi connectivity index (χ0v) is 18.1. The van der Waals surface area contributed by atoms with Crippen LogP contribution in [0.25, 0.3) is 10.2 Å². The number of carbonyl (C=O) groups excluding carboxylic acids is 2. The van der Waals surface area contributed by atoms with E-state index in [9.17, 15) is 22.8 Å². The van der Waals surface area contributed by atoms with E-state index < -0.39 is 12.4 Å². The van der Waals surface area contributed by atoms with Gasteiger partial charge in [0.1, 0.15) is 5.75 Å². The summed E-state index contributed by atoms with van der Waals surface area (Å²) in [6, 6.07) is 2.98. The fourth-order valence-corrected chi connectivity index (χ4v) is 4.61. The van der Waals surface area contributed by atoms with Crippen LogP contribution in [0.3, 0.4) is 0 Å². The summed E-state index contributed by atoms with van der Waals surface area (Å²) in [5, 5.41) is 2.96. The fourth-order valence-electron chi connectivity index (χ4n) is 3.70. The van der Waals surface area contributed by atoms with Crippen LogP contribution in [-0.2, 0) is 9.59 Å². The van der Waals surface area contributed by atoms with Crippen molar-refractivity contribution in [3.05, 3.63) is 18.2 Å². The minimum absolute atomic E-state index is 0.110. The van der Waals surface area contributed by atoms with Crippen LogP contribution in [0.5, 0.6) is 5.75 Å². The first-order valence-electron chi connectivity index (χ1n) is 10.0. The number of nitrogens with one attached hydrogen (secondary N) is 1. The molecule has 1 aromatic carbocycles. The summed E-state index contributed by atoms with van der Waals surface area (Å²) in [4.78, 5) is 31.1. The van der Waals surface area contributed by atoms with Crippen molar-refractivity contribution >= 4 is 38.5 Å². The molecule has 1 aromatic heterocycles. The summed E-state index contributed by atoms with van der Waals surface area (Å²) in [6.07, 6.45) is -2.57. The van der Waals surface area contributed by atoms with Crippen LogP contribution in [0.4, 0.5) is 18.3 Å². The predicted molar refractivity (Wildman–Crippen MR) is 112 cm³/mol. The molecule has 0 aliphatic carbocycles. The number of rotatable bonds is 7. The maximum Gasteiger partial charge on any atom is 0.573 e. The average molecular weight is 459 g/mol. The lowest BCUT2D eigenvalue weighted by atomic mass is 10.0. The number of hydrogen-bond donors (Lipinski definition) is 2. The lowest BCUT2D eigenvalue weighted by Gasteiger charge is -2.27. The summed E-state index contributed by atoms with van der Waals surface area (Å²) in [5.41, 5.74) is 6.48. The molecule has 2 atom stereocenters. The van der Waals surface area contributed by atoms with Crippen LogP contribution in [-0.4, -0.2) is 46.7 Å². The van der Waals surface area contributed by atoms with E-state index in [0.29, 0.717) is 35.5 Å². The van der Waals surface area contributed by atoms with Gasteiger partial charge >= 0.3 is 6.36 Å². The highest BCUT2D eigenvalue weighted by Gasteiger charge is 2.33. The minimum Gasteiger partial charge on any atom is -0.406 e. The lowest BCUT2D eigenvalue weighted by molar-refractivity contribution is -0.274. The van der Waals surface area contributed by atoms with Crippen molar-refractivity contribution in [1.82, 2.24) is 9.88 Å². The zero-order valence-electron chi connectivity index (χ0n) is 17.2.